The average Bonchev–Trinajstić information content (AvgIpc) is 3.36. The smallest absolute Gasteiger partial charge is 0.313 e. The van der Waals surface area contributed by atoms with Crippen molar-refractivity contribution in [3.05, 3.63) is 107 Å². The summed E-state index contributed by atoms with van der Waals surface area (Å²) in [7, 11) is -4.03. The SMILES string of the molecule is Cc1cc(C)c(S(=O)(=O)N(Cc2ccc(-c3cccc(SCC(=O)O)c3)cc2)Cc2ccc(C(F)F)o2)c(C)c1. The first-order chi connectivity index (χ1) is 18.9. The highest BCUT2D eigenvalue weighted by Crippen LogP contribution is 2.30. The molecule has 3 aromatic carbocycles. The van der Waals surface area contributed by atoms with Crippen molar-refractivity contribution >= 4 is 27.8 Å². The van der Waals surface area contributed by atoms with E-state index in [0.29, 0.717) is 16.7 Å². The Hall–Kier alpha value is -3.47. The summed E-state index contributed by atoms with van der Waals surface area (Å²) in [6, 6.07) is 21.0. The van der Waals surface area contributed by atoms with Crippen LogP contribution in [0.2, 0.25) is 0 Å². The Morgan fingerprint density at radius 1 is 0.925 bits per heavy atom. The molecule has 4 aromatic rings. The topological polar surface area (TPSA) is 87.8 Å². The van der Waals surface area contributed by atoms with E-state index < -0.39 is 28.2 Å². The van der Waals surface area contributed by atoms with E-state index in [1.165, 1.54) is 22.1 Å². The van der Waals surface area contributed by atoms with Gasteiger partial charge in [-0.15, -0.1) is 11.8 Å². The average molecular weight is 586 g/mol. The van der Waals surface area contributed by atoms with Crippen LogP contribution in [-0.2, 0) is 27.9 Å². The third kappa shape index (κ3) is 6.99. The summed E-state index contributed by atoms with van der Waals surface area (Å²) < 4.78 is 60.7. The number of carboxylic acid groups (broad SMARTS) is 1. The first-order valence-electron chi connectivity index (χ1n) is 12.4. The van der Waals surface area contributed by atoms with E-state index in [-0.39, 0.29) is 29.5 Å². The maximum Gasteiger partial charge on any atom is 0.313 e. The lowest BCUT2D eigenvalue weighted by molar-refractivity contribution is -0.133. The fourth-order valence-electron chi connectivity index (χ4n) is 4.62. The number of carbonyl (C=O) groups is 1. The predicted molar refractivity (Wildman–Crippen MR) is 151 cm³/mol. The van der Waals surface area contributed by atoms with E-state index in [1.807, 2.05) is 55.5 Å². The molecule has 40 heavy (non-hydrogen) atoms. The van der Waals surface area contributed by atoms with Crippen LogP contribution < -0.4 is 0 Å². The Morgan fingerprint density at radius 3 is 2.20 bits per heavy atom. The maximum atomic E-state index is 14.0. The number of furan rings is 1. The molecule has 0 radical (unpaired) electrons. The van der Waals surface area contributed by atoms with Gasteiger partial charge in [0.1, 0.15) is 5.76 Å². The van der Waals surface area contributed by atoms with E-state index in [1.54, 1.807) is 26.0 Å². The van der Waals surface area contributed by atoms with Crippen LogP contribution >= 0.6 is 11.8 Å². The number of halogens is 2. The molecule has 0 bridgehead atoms. The Kier molecular flexibility index (Phi) is 9.12. The van der Waals surface area contributed by atoms with Crippen molar-refractivity contribution in [1.82, 2.24) is 4.31 Å². The predicted octanol–water partition coefficient (Wildman–Crippen LogP) is 7.38. The minimum atomic E-state index is -4.03. The summed E-state index contributed by atoms with van der Waals surface area (Å²) in [5, 5.41) is 8.95. The molecule has 1 aromatic heterocycles. The highest BCUT2D eigenvalue weighted by atomic mass is 32.2. The lowest BCUT2D eigenvalue weighted by atomic mass is 10.0. The summed E-state index contributed by atoms with van der Waals surface area (Å²) in [6.07, 6.45) is -2.80. The molecule has 0 saturated heterocycles. The molecule has 0 amide bonds. The van der Waals surface area contributed by atoms with Crippen molar-refractivity contribution in [2.75, 3.05) is 5.75 Å². The monoisotopic (exact) mass is 585 g/mol. The summed E-state index contributed by atoms with van der Waals surface area (Å²) in [4.78, 5) is 11.9. The van der Waals surface area contributed by atoms with Crippen LogP contribution in [0.1, 0.15) is 40.2 Å². The maximum absolute atomic E-state index is 14.0. The first kappa shape index (κ1) is 29.5. The van der Waals surface area contributed by atoms with Gasteiger partial charge in [-0.1, -0.05) is 54.1 Å². The van der Waals surface area contributed by atoms with Gasteiger partial charge in [0.25, 0.3) is 6.43 Å². The second kappa shape index (κ2) is 12.4. The van der Waals surface area contributed by atoms with Crippen LogP contribution in [0.4, 0.5) is 8.78 Å². The minimum Gasteiger partial charge on any atom is -0.481 e. The zero-order valence-corrected chi connectivity index (χ0v) is 23.9. The molecular formula is C30H29F2NO5S2. The van der Waals surface area contributed by atoms with Crippen molar-refractivity contribution in [2.24, 2.45) is 0 Å². The quantitative estimate of drug-likeness (QED) is 0.185. The van der Waals surface area contributed by atoms with Crippen molar-refractivity contribution in [3.63, 3.8) is 0 Å². The third-order valence-electron chi connectivity index (χ3n) is 6.27. The fraction of sp³-hybridized carbons (Fsp3) is 0.233. The Bertz CT molecular complexity index is 1590. The van der Waals surface area contributed by atoms with Gasteiger partial charge in [0, 0.05) is 11.4 Å². The van der Waals surface area contributed by atoms with Crippen LogP contribution in [0.25, 0.3) is 11.1 Å². The normalized spacial score (nSPS) is 11.9. The van der Waals surface area contributed by atoms with Gasteiger partial charge < -0.3 is 9.52 Å². The van der Waals surface area contributed by atoms with Gasteiger partial charge >= 0.3 is 5.97 Å². The standard InChI is InChI=1S/C30H29F2NO5S2/c1-19-13-20(2)29(21(3)14-19)40(36,37)33(17-25-11-12-27(38-25)30(31)32)16-22-7-9-23(10-8-22)24-5-4-6-26(15-24)39-18-28(34)35/h4-15,30H,16-18H2,1-3H3,(H,34,35). The lowest BCUT2D eigenvalue weighted by Crippen LogP contribution is -2.31. The van der Waals surface area contributed by atoms with Gasteiger partial charge in [0.15, 0.2) is 5.76 Å². The Labute approximate surface area is 236 Å². The van der Waals surface area contributed by atoms with Crippen molar-refractivity contribution in [2.45, 2.75) is 50.1 Å². The van der Waals surface area contributed by atoms with Gasteiger partial charge in [-0.05, 0) is 72.9 Å². The zero-order chi connectivity index (χ0) is 29.0. The number of aliphatic carboxylic acids is 1. The molecule has 210 valence electrons. The molecule has 0 unspecified atom stereocenters. The Morgan fingerprint density at radius 2 is 1.60 bits per heavy atom. The number of nitrogens with zero attached hydrogens (tertiary/aromatic N) is 1. The number of hydrogen-bond donors (Lipinski definition) is 1. The molecule has 0 aliphatic heterocycles. The number of thioether (sulfide) groups is 1. The van der Waals surface area contributed by atoms with Crippen LogP contribution in [0.15, 0.2) is 87.0 Å². The number of aryl methyl sites for hydroxylation is 3. The van der Waals surface area contributed by atoms with Crippen LogP contribution in [0, 0.1) is 20.8 Å². The summed E-state index contributed by atoms with van der Waals surface area (Å²) in [5.41, 5.74) is 4.62. The number of alkyl halides is 2. The Balaban J connectivity index is 1.65. The van der Waals surface area contributed by atoms with Crippen molar-refractivity contribution < 1.29 is 31.5 Å². The number of sulfonamides is 1. The molecule has 0 saturated carbocycles. The molecule has 0 spiro atoms. The summed E-state index contributed by atoms with van der Waals surface area (Å²) >= 11 is 1.23. The molecule has 10 heteroatoms. The number of carboxylic acids is 1. The first-order valence-corrected chi connectivity index (χ1v) is 14.9. The van der Waals surface area contributed by atoms with E-state index in [0.717, 1.165) is 27.7 Å². The van der Waals surface area contributed by atoms with Gasteiger partial charge in [-0.25, -0.2) is 17.2 Å². The molecule has 0 atom stereocenters. The van der Waals surface area contributed by atoms with Crippen molar-refractivity contribution in [1.29, 1.82) is 0 Å². The highest BCUT2D eigenvalue weighted by molar-refractivity contribution is 8.00. The van der Waals surface area contributed by atoms with Crippen LogP contribution in [0.3, 0.4) is 0 Å². The number of benzene rings is 3. The largest absolute Gasteiger partial charge is 0.481 e. The molecule has 1 N–H and O–H groups in total. The van der Waals surface area contributed by atoms with Gasteiger partial charge in [-0.3, -0.25) is 4.79 Å². The third-order valence-corrected chi connectivity index (χ3v) is 9.35. The zero-order valence-electron chi connectivity index (χ0n) is 22.2. The molecular weight excluding hydrogens is 556 g/mol. The second-order valence-corrected chi connectivity index (χ2v) is 12.4. The fourth-order valence-corrected chi connectivity index (χ4v) is 7.10. The van der Waals surface area contributed by atoms with Gasteiger partial charge in [-0.2, -0.15) is 4.31 Å². The van der Waals surface area contributed by atoms with Gasteiger partial charge in [0.05, 0.1) is 17.2 Å². The van der Waals surface area contributed by atoms with E-state index in [9.17, 15) is 22.0 Å². The summed E-state index contributed by atoms with van der Waals surface area (Å²) in [5.74, 6) is -1.33. The molecule has 1 heterocycles. The lowest BCUT2D eigenvalue weighted by Gasteiger charge is -2.24. The minimum absolute atomic E-state index is 0.00537. The molecule has 4 rings (SSSR count). The number of hydrogen-bond acceptors (Lipinski definition) is 5. The summed E-state index contributed by atoms with van der Waals surface area (Å²) in [6.45, 7) is 5.15. The number of rotatable bonds is 11. The van der Waals surface area contributed by atoms with E-state index in [2.05, 4.69) is 0 Å². The van der Waals surface area contributed by atoms with E-state index >= 15 is 0 Å². The molecule has 0 aliphatic rings. The van der Waals surface area contributed by atoms with Crippen LogP contribution in [-0.4, -0.2) is 29.6 Å². The van der Waals surface area contributed by atoms with Crippen molar-refractivity contribution in [3.8, 4) is 11.1 Å². The highest BCUT2D eigenvalue weighted by Gasteiger charge is 2.29. The molecule has 0 fully saturated rings. The molecule has 0 aliphatic carbocycles. The molecule has 6 nitrogen and oxygen atoms in total. The van der Waals surface area contributed by atoms with Gasteiger partial charge in [0.2, 0.25) is 10.0 Å². The van der Waals surface area contributed by atoms with Crippen LogP contribution in [0.5, 0.6) is 0 Å². The van der Waals surface area contributed by atoms with E-state index in [4.69, 9.17) is 9.52 Å². The second-order valence-electron chi connectivity index (χ2n) is 9.51.